The molecule has 1 aliphatic rings. The number of phenols is 2. The van der Waals surface area contributed by atoms with Crippen LogP contribution in [0.25, 0.3) is 0 Å². The van der Waals surface area contributed by atoms with Crippen molar-refractivity contribution in [1.29, 1.82) is 0 Å². The summed E-state index contributed by atoms with van der Waals surface area (Å²) in [6.45, 7) is -0.618. The molecule has 2 aromatic rings. The minimum atomic E-state index is -1.62. The summed E-state index contributed by atoms with van der Waals surface area (Å²) in [5.41, 5.74) is 0.354. The van der Waals surface area contributed by atoms with Gasteiger partial charge in [-0.1, -0.05) is 12.1 Å². The van der Waals surface area contributed by atoms with Gasteiger partial charge in [-0.25, -0.2) is 0 Å². The lowest BCUT2D eigenvalue weighted by molar-refractivity contribution is -0.277. The number of benzene rings is 2. The fourth-order valence-corrected chi connectivity index (χ4v) is 3.22. The molecule has 1 unspecified atom stereocenters. The summed E-state index contributed by atoms with van der Waals surface area (Å²) in [6.07, 6.45) is -8.82. The highest BCUT2D eigenvalue weighted by Gasteiger charge is 2.44. The van der Waals surface area contributed by atoms with E-state index in [2.05, 4.69) is 0 Å². The summed E-state index contributed by atoms with van der Waals surface area (Å²) >= 11 is 0. The molecular weight excluding hydrogens is 412 g/mol. The van der Waals surface area contributed by atoms with Gasteiger partial charge in [0, 0.05) is 12.5 Å². The number of rotatable bonds is 7. The number of Topliss-reactive ketones (excluding diaryl/α,β-unsaturated/α-hetero) is 1. The lowest BCUT2D eigenvalue weighted by Crippen LogP contribution is -2.60. The molecule has 0 aromatic heterocycles. The third-order valence-corrected chi connectivity index (χ3v) is 5.03. The van der Waals surface area contributed by atoms with Gasteiger partial charge in [-0.05, 0) is 29.8 Å². The molecule has 1 fully saturated rings. The van der Waals surface area contributed by atoms with Gasteiger partial charge in [0.1, 0.15) is 41.7 Å². The molecule has 2 aromatic carbocycles. The number of aliphatic hydroxyl groups excluding tert-OH is 5. The van der Waals surface area contributed by atoms with Crippen molar-refractivity contribution < 1.29 is 50.0 Å². The molecule has 0 aliphatic carbocycles. The quantitative estimate of drug-likeness (QED) is 0.282. The van der Waals surface area contributed by atoms with Crippen molar-refractivity contribution in [2.75, 3.05) is 6.61 Å². The Balaban J connectivity index is 1.68. The van der Waals surface area contributed by atoms with Crippen LogP contribution >= 0.6 is 0 Å². The van der Waals surface area contributed by atoms with Gasteiger partial charge in [-0.15, -0.1) is 0 Å². The molecule has 10 nitrogen and oxygen atoms in total. The zero-order chi connectivity index (χ0) is 22.7. The molecular formula is C21H24O10. The first kappa shape index (κ1) is 22.9. The largest absolute Gasteiger partial charge is 0.508 e. The fourth-order valence-electron chi connectivity index (χ4n) is 3.22. The maximum Gasteiger partial charge on any atom is 0.229 e. The number of carbonyl (C=O) groups is 1. The van der Waals surface area contributed by atoms with E-state index >= 15 is 0 Å². The van der Waals surface area contributed by atoms with E-state index in [1.807, 2.05) is 0 Å². The molecule has 0 amide bonds. The van der Waals surface area contributed by atoms with Gasteiger partial charge in [0.15, 0.2) is 5.78 Å². The van der Waals surface area contributed by atoms with E-state index < -0.39 is 54.9 Å². The van der Waals surface area contributed by atoms with Crippen molar-refractivity contribution in [1.82, 2.24) is 0 Å². The predicted octanol–water partition coefficient (Wildman–Crippen LogP) is -0.417. The molecule has 1 saturated heterocycles. The van der Waals surface area contributed by atoms with E-state index in [4.69, 9.17) is 9.47 Å². The van der Waals surface area contributed by atoms with Crippen LogP contribution in [-0.4, -0.2) is 78.8 Å². The van der Waals surface area contributed by atoms with Crippen molar-refractivity contribution in [3.05, 3.63) is 53.6 Å². The van der Waals surface area contributed by atoms with E-state index in [-0.39, 0.29) is 23.5 Å². The summed E-state index contributed by atoms with van der Waals surface area (Å²) in [5, 5.41) is 68.6. The smallest absolute Gasteiger partial charge is 0.229 e. The van der Waals surface area contributed by atoms with Crippen LogP contribution in [0.3, 0.4) is 0 Å². The molecule has 1 heterocycles. The van der Waals surface area contributed by atoms with Gasteiger partial charge in [0.05, 0.1) is 18.3 Å². The van der Waals surface area contributed by atoms with Gasteiger partial charge < -0.3 is 45.2 Å². The Morgan fingerprint density at radius 1 is 1.00 bits per heavy atom. The maximum atomic E-state index is 12.5. The standard InChI is InChI=1S/C21H24O10/c22-9-17-18(27)19(28)20(29)21(31-17)30-12-5-6-13(15(25)7-12)16(26)8-14(24)10-1-3-11(23)4-2-10/h1-7,14,17-25,27-29H,8-9H2/t14?,17-,18-,19+,20-,21-/m1/s1. The van der Waals surface area contributed by atoms with E-state index in [0.29, 0.717) is 5.56 Å². The van der Waals surface area contributed by atoms with Crippen LogP contribution < -0.4 is 4.74 Å². The third kappa shape index (κ3) is 5.13. The minimum Gasteiger partial charge on any atom is -0.508 e. The van der Waals surface area contributed by atoms with E-state index in [1.165, 1.54) is 36.4 Å². The molecule has 1 aliphatic heterocycles. The third-order valence-electron chi connectivity index (χ3n) is 5.03. The molecule has 168 valence electrons. The number of aromatic hydroxyl groups is 2. The summed E-state index contributed by atoms with van der Waals surface area (Å²) in [4.78, 5) is 12.5. The first-order valence-electron chi connectivity index (χ1n) is 9.51. The van der Waals surface area contributed by atoms with Gasteiger partial charge in [0.25, 0.3) is 0 Å². The Hall–Kier alpha value is -2.73. The number of ketones is 1. The van der Waals surface area contributed by atoms with Crippen LogP contribution in [-0.2, 0) is 4.74 Å². The molecule has 3 rings (SSSR count). The predicted molar refractivity (Wildman–Crippen MR) is 105 cm³/mol. The lowest BCUT2D eigenvalue weighted by atomic mass is 9.99. The maximum absolute atomic E-state index is 12.5. The lowest BCUT2D eigenvalue weighted by Gasteiger charge is -2.39. The molecule has 0 saturated carbocycles. The summed E-state index contributed by atoms with van der Waals surface area (Å²) in [6, 6.07) is 9.40. The SMILES string of the molecule is O=C(CC(O)c1ccc(O)cc1)c1ccc(O[C@@H]2O[C@H](CO)[C@@H](O)[C@H](O)[C@H]2O)cc1O. The second-order valence-electron chi connectivity index (χ2n) is 7.23. The van der Waals surface area contributed by atoms with Gasteiger partial charge in [0.2, 0.25) is 6.29 Å². The second-order valence-corrected chi connectivity index (χ2v) is 7.23. The van der Waals surface area contributed by atoms with Crippen LogP contribution in [0, 0.1) is 0 Å². The Labute approximate surface area is 177 Å². The van der Waals surface area contributed by atoms with E-state index in [0.717, 1.165) is 6.07 Å². The van der Waals surface area contributed by atoms with Crippen LogP contribution in [0.15, 0.2) is 42.5 Å². The topological polar surface area (TPSA) is 177 Å². The number of ether oxygens (including phenoxy) is 2. The molecule has 0 bridgehead atoms. The number of phenolic OH excluding ortho intramolecular Hbond substituents is 2. The van der Waals surface area contributed by atoms with Crippen LogP contribution in [0.1, 0.15) is 28.4 Å². The fraction of sp³-hybridized carbons (Fsp3) is 0.381. The minimum absolute atomic E-state index is 0.00235. The second kappa shape index (κ2) is 9.60. The molecule has 10 heteroatoms. The van der Waals surface area contributed by atoms with Crippen molar-refractivity contribution in [2.45, 2.75) is 43.2 Å². The normalized spacial score (nSPS) is 26.9. The highest BCUT2D eigenvalue weighted by Crippen LogP contribution is 2.30. The van der Waals surface area contributed by atoms with Crippen molar-refractivity contribution in [3.8, 4) is 17.2 Å². The Kier molecular flexibility index (Phi) is 7.11. The van der Waals surface area contributed by atoms with Crippen molar-refractivity contribution >= 4 is 5.78 Å². The van der Waals surface area contributed by atoms with E-state index in [9.17, 15) is 40.5 Å². The van der Waals surface area contributed by atoms with Crippen LogP contribution in [0.2, 0.25) is 0 Å². The molecule has 0 radical (unpaired) electrons. The Morgan fingerprint density at radius 3 is 2.29 bits per heavy atom. The molecule has 6 atom stereocenters. The van der Waals surface area contributed by atoms with Crippen LogP contribution in [0.5, 0.6) is 17.2 Å². The van der Waals surface area contributed by atoms with Gasteiger partial charge in [-0.2, -0.15) is 0 Å². The zero-order valence-corrected chi connectivity index (χ0v) is 16.3. The highest BCUT2D eigenvalue weighted by molar-refractivity contribution is 5.99. The molecule has 0 spiro atoms. The Bertz CT molecular complexity index is 898. The number of hydrogen-bond donors (Lipinski definition) is 7. The van der Waals surface area contributed by atoms with Crippen LogP contribution in [0.4, 0.5) is 0 Å². The molecule has 7 N–H and O–H groups in total. The monoisotopic (exact) mass is 436 g/mol. The Morgan fingerprint density at radius 2 is 1.68 bits per heavy atom. The summed E-state index contributed by atoms with van der Waals surface area (Å²) in [7, 11) is 0. The first-order chi connectivity index (χ1) is 14.7. The average molecular weight is 436 g/mol. The number of carbonyl (C=O) groups excluding carboxylic acids is 1. The van der Waals surface area contributed by atoms with Crippen molar-refractivity contribution in [3.63, 3.8) is 0 Å². The number of aliphatic hydroxyl groups is 5. The van der Waals surface area contributed by atoms with Gasteiger partial charge in [-0.3, -0.25) is 4.79 Å². The average Bonchev–Trinajstić information content (AvgIpc) is 2.74. The summed E-state index contributed by atoms with van der Waals surface area (Å²) < 4.78 is 10.6. The zero-order valence-electron chi connectivity index (χ0n) is 16.3. The first-order valence-corrected chi connectivity index (χ1v) is 9.51. The van der Waals surface area contributed by atoms with Gasteiger partial charge >= 0.3 is 0 Å². The van der Waals surface area contributed by atoms with E-state index in [1.54, 1.807) is 0 Å². The summed E-state index contributed by atoms with van der Waals surface area (Å²) in [5.74, 6) is -0.963. The number of hydrogen-bond acceptors (Lipinski definition) is 10. The van der Waals surface area contributed by atoms with Crippen molar-refractivity contribution in [2.24, 2.45) is 0 Å². The highest BCUT2D eigenvalue weighted by atomic mass is 16.7. The molecule has 31 heavy (non-hydrogen) atoms.